The fourth-order valence-corrected chi connectivity index (χ4v) is 2.44. The van der Waals surface area contributed by atoms with Gasteiger partial charge in [0.05, 0.1) is 12.7 Å². The van der Waals surface area contributed by atoms with Crippen molar-refractivity contribution in [1.29, 1.82) is 0 Å². The van der Waals surface area contributed by atoms with Gasteiger partial charge >= 0.3 is 0 Å². The Morgan fingerprint density at radius 2 is 2.07 bits per heavy atom. The van der Waals surface area contributed by atoms with Gasteiger partial charge in [0.15, 0.2) is 0 Å². The predicted molar refractivity (Wildman–Crippen MR) is 58.7 cm³/mol. The first-order chi connectivity index (χ1) is 6.95. The average Bonchev–Trinajstić information content (AvgIpc) is 2.15. The standard InChI is InChI=1S/C12H17NO2/c1-11(14)7-12(13,8-11)9-4-3-5-10(6-9)15-2/h3-6,14H,7-8,13H2,1-2H3. The third kappa shape index (κ3) is 1.85. The Balaban J connectivity index is 2.23. The number of ether oxygens (including phenoxy) is 1. The molecule has 15 heavy (non-hydrogen) atoms. The van der Waals surface area contributed by atoms with Crippen LogP contribution in [0.5, 0.6) is 5.75 Å². The first kappa shape index (κ1) is 10.5. The summed E-state index contributed by atoms with van der Waals surface area (Å²) in [5, 5.41) is 9.73. The number of benzene rings is 1. The van der Waals surface area contributed by atoms with E-state index in [1.807, 2.05) is 31.2 Å². The first-order valence-corrected chi connectivity index (χ1v) is 5.11. The van der Waals surface area contributed by atoms with E-state index in [-0.39, 0.29) is 0 Å². The highest BCUT2D eigenvalue weighted by Crippen LogP contribution is 2.46. The molecule has 1 fully saturated rings. The summed E-state index contributed by atoms with van der Waals surface area (Å²) in [6.07, 6.45) is 1.21. The molecule has 0 amide bonds. The highest BCUT2D eigenvalue weighted by molar-refractivity contribution is 5.36. The van der Waals surface area contributed by atoms with Crippen LogP contribution in [0, 0.1) is 0 Å². The highest BCUT2D eigenvalue weighted by Gasteiger charge is 2.49. The van der Waals surface area contributed by atoms with Crippen molar-refractivity contribution in [2.24, 2.45) is 5.73 Å². The molecule has 0 atom stereocenters. The number of methoxy groups -OCH3 is 1. The maximum atomic E-state index is 9.73. The predicted octanol–water partition coefficient (Wildman–Crippen LogP) is 1.39. The molecule has 3 heteroatoms. The van der Waals surface area contributed by atoms with Crippen LogP contribution in [0.3, 0.4) is 0 Å². The molecule has 0 spiro atoms. The Morgan fingerprint density at radius 3 is 2.60 bits per heavy atom. The molecular formula is C12H17NO2. The Labute approximate surface area is 89.9 Å². The number of hydrogen-bond donors (Lipinski definition) is 2. The molecule has 0 radical (unpaired) electrons. The molecule has 82 valence electrons. The average molecular weight is 207 g/mol. The molecule has 1 saturated carbocycles. The lowest BCUT2D eigenvalue weighted by Gasteiger charge is -2.49. The summed E-state index contributed by atoms with van der Waals surface area (Å²) < 4.78 is 5.15. The van der Waals surface area contributed by atoms with Gasteiger partial charge in [-0.05, 0) is 37.5 Å². The van der Waals surface area contributed by atoms with Gasteiger partial charge in [-0.25, -0.2) is 0 Å². The summed E-state index contributed by atoms with van der Waals surface area (Å²) in [6, 6.07) is 7.74. The molecule has 1 aliphatic rings. The molecule has 0 aromatic heterocycles. The molecule has 0 unspecified atom stereocenters. The van der Waals surface area contributed by atoms with Crippen LogP contribution >= 0.6 is 0 Å². The summed E-state index contributed by atoms with van der Waals surface area (Å²) >= 11 is 0. The van der Waals surface area contributed by atoms with E-state index < -0.39 is 11.1 Å². The molecule has 0 aliphatic heterocycles. The monoisotopic (exact) mass is 207 g/mol. The van der Waals surface area contributed by atoms with Crippen LogP contribution in [0.2, 0.25) is 0 Å². The number of hydrogen-bond acceptors (Lipinski definition) is 3. The van der Waals surface area contributed by atoms with Gasteiger partial charge in [-0.15, -0.1) is 0 Å². The molecule has 0 bridgehead atoms. The summed E-state index contributed by atoms with van der Waals surface area (Å²) in [5.74, 6) is 0.809. The van der Waals surface area contributed by atoms with Crippen LogP contribution in [0.4, 0.5) is 0 Å². The third-order valence-electron chi connectivity index (χ3n) is 3.04. The van der Waals surface area contributed by atoms with Crippen molar-refractivity contribution in [3.8, 4) is 5.75 Å². The second kappa shape index (κ2) is 3.22. The second-order valence-corrected chi connectivity index (χ2v) is 4.74. The maximum absolute atomic E-state index is 9.73. The van der Waals surface area contributed by atoms with E-state index in [1.165, 1.54) is 0 Å². The van der Waals surface area contributed by atoms with Crippen molar-refractivity contribution in [2.75, 3.05) is 7.11 Å². The fraction of sp³-hybridized carbons (Fsp3) is 0.500. The lowest BCUT2D eigenvalue weighted by molar-refractivity contribution is -0.0739. The molecule has 1 aromatic rings. The van der Waals surface area contributed by atoms with Crippen molar-refractivity contribution >= 4 is 0 Å². The molecule has 0 heterocycles. The molecular weight excluding hydrogens is 190 g/mol. The van der Waals surface area contributed by atoms with E-state index in [4.69, 9.17) is 10.5 Å². The zero-order chi connectivity index (χ0) is 11.1. The zero-order valence-corrected chi connectivity index (χ0v) is 9.16. The molecule has 1 aliphatic carbocycles. The summed E-state index contributed by atoms with van der Waals surface area (Å²) in [6.45, 7) is 1.82. The largest absolute Gasteiger partial charge is 0.497 e. The van der Waals surface area contributed by atoms with E-state index >= 15 is 0 Å². The van der Waals surface area contributed by atoms with Gasteiger partial charge in [0.25, 0.3) is 0 Å². The van der Waals surface area contributed by atoms with Crippen LogP contribution in [-0.2, 0) is 5.54 Å². The minimum absolute atomic E-state index is 0.391. The lowest BCUT2D eigenvalue weighted by atomic mass is 9.63. The maximum Gasteiger partial charge on any atom is 0.119 e. The lowest BCUT2D eigenvalue weighted by Crippen LogP contribution is -2.58. The summed E-state index contributed by atoms with van der Waals surface area (Å²) in [7, 11) is 1.64. The van der Waals surface area contributed by atoms with E-state index in [0.29, 0.717) is 12.8 Å². The zero-order valence-electron chi connectivity index (χ0n) is 9.16. The van der Waals surface area contributed by atoms with Crippen LogP contribution in [0.15, 0.2) is 24.3 Å². The SMILES string of the molecule is COc1cccc(C2(N)CC(C)(O)C2)c1. The van der Waals surface area contributed by atoms with Crippen molar-refractivity contribution < 1.29 is 9.84 Å². The topological polar surface area (TPSA) is 55.5 Å². The fourth-order valence-electron chi connectivity index (χ4n) is 2.44. The van der Waals surface area contributed by atoms with Crippen molar-refractivity contribution in [3.63, 3.8) is 0 Å². The van der Waals surface area contributed by atoms with Gasteiger partial charge in [-0.1, -0.05) is 12.1 Å². The minimum Gasteiger partial charge on any atom is -0.497 e. The molecule has 3 nitrogen and oxygen atoms in total. The van der Waals surface area contributed by atoms with E-state index in [2.05, 4.69) is 0 Å². The second-order valence-electron chi connectivity index (χ2n) is 4.74. The number of aliphatic hydroxyl groups is 1. The van der Waals surface area contributed by atoms with Crippen LogP contribution in [0.1, 0.15) is 25.3 Å². The van der Waals surface area contributed by atoms with Crippen molar-refractivity contribution in [3.05, 3.63) is 29.8 Å². The van der Waals surface area contributed by atoms with Crippen molar-refractivity contribution in [1.82, 2.24) is 0 Å². The van der Waals surface area contributed by atoms with Crippen LogP contribution in [-0.4, -0.2) is 17.8 Å². The molecule has 3 N–H and O–H groups in total. The van der Waals surface area contributed by atoms with Crippen LogP contribution in [0.25, 0.3) is 0 Å². The van der Waals surface area contributed by atoms with E-state index in [9.17, 15) is 5.11 Å². The Hall–Kier alpha value is -1.06. The van der Waals surface area contributed by atoms with Gasteiger partial charge < -0.3 is 15.6 Å². The summed E-state index contributed by atoms with van der Waals surface area (Å²) in [5.41, 5.74) is 6.24. The van der Waals surface area contributed by atoms with Gasteiger partial charge in [-0.3, -0.25) is 0 Å². The quantitative estimate of drug-likeness (QED) is 0.770. The Bertz CT molecular complexity index is 366. The Kier molecular flexibility index (Phi) is 2.24. The minimum atomic E-state index is -0.613. The van der Waals surface area contributed by atoms with Gasteiger partial charge in [-0.2, -0.15) is 0 Å². The van der Waals surface area contributed by atoms with Crippen LogP contribution < -0.4 is 10.5 Å². The number of rotatable bonds is 2. The third-order valence-corrected chi connectivity index (χ3v) is 3.04. The van der Waals surface area contributed by atoms with Crippen molar-refractivity contribution in [2.45, 2.75) is 30.9 Å². The first-order valence-electron chi connectivity index (χ1n) is 5.11. The van der Waals surface area contributed by atoms with E-state index in [1.54, 1.807) is 7.11 Å². The van der Waals surface area contributed by atoms with Gasteiger partial charge in [0.1, 0.15) is 5.75 Å². The van der Waals surface area contributed by atoms with Gasteiger partial charge in [0, 0.05) is 5.54 Å². The molecule has 0 saturated heterocycles. The normalized spacial score (nSPS) is 34.7. The Morgan fingerprint density at radius 1 is 1.40 bits per heavy atom. The summed E-state index contributed by atoms with van der Waals surface area (Å²) in [4.78, 5) is 0. The smallest absolute Gasteiger partial charge is 0.119 e. The highest BCUT2D eigenvalue weighted by atomic mass is 16.5. The molecule has 2 rings (SSSR count). The van der Waals surface area contributed by atoms with Gasteiger partial charge in [0.2, 0.25) is 0 Å². The van der Waals surface area contributed by atoms with E-state index in [0.717, 1.165) is 11.3 Å². The number of nitrogens with two attached hydrogens (primary N) is 1. The molecule has 1 aromatic carbocycles.